The van der Waals surface area contributed by atoms with Crippen molar-refractivity contribution < 1.29 is 0 Å². The molecule has 1 aliphatic heterocycles. The molecule has 0 bridgehead atoms. The van der Waals surface area contributed by atoms with Gasteiger partial charge in [-0.25, -0.2) is 15.0 Å². The van der Waals surface area contributed by atoms with Crippen LogP contribution in [0.5, 0.6) is 0 Å². The summed E-state index contributed by atoms with van der Waals surface area (Å²) >= 11 is 1.83. The summed E-state index contributed by atoms with van der Waals surface area (Å²) in [6.07, 6.45) is 12.8. The molecule has 4 nitrogen and oxygen atoms in total. The second-order valence-electron chi connectivity index (χ2n) is 16.9. The minimum Gasteiger partial charge on any atom is -0.278 e. The average molecular weight is 825 g/mol. The number of thiazole rings is 1. The smallest absolute Gasteiger partial charge is 0.235 e. The fourth-order valence-electron chi connectivity index (χ4n) is 10.4. The largest absolute Gasteiger partial charge is 0.278 e. The Bertz CT molecular complexity index is 3700. The van der Waals surface area contributed by atoms with E-state index in [1.165, 1.54) is 70.4 Å². The molecule has 0 spiro atoms. The first-order chi connectivity index (χ1) is 31.2. The molecule has 0 N–H and O–H groups in total. The number of aliphatic imine (C=N–C) groups is 2. The highest BCUT2D eigenvalue weighted by Crippen LogP contribution is 2.50. The van der Waals surface area contributed by atoms with Crippen LogP contribution in [0.15, 0.2) is 198 Å². The Balaban J connectivity index is 1.11. The number of nitrogens with zero attached hydrogens (tertiary/aromatic N) is 4. The van der Waals surface area contributed by atoms with Crippen molar-refractivity contribution >= 4 is 87.8 Å². The van der Waals surface area contributed by atoms with Crippen LogP contribution < -0.4 is 0 Å². The lowest BCUT2D eigenvalue weighted by molar-refractivity contribution is 0.805. The topological polar surface area (TPSA) is 42.5 Å². The van der Waals surface area contributed by atoms with Crippen LogP contribution in [0.4, 0.5) is 0 Å². The lowest BCUT2D eigenvalue weighted by Gasteiger charge is -2.30. The van der Waals surface area contributed by atoms with Gasteiger partial charge in [-0.15, -0.1) is 11.3 Å². The van der Waals surface area contributed by atoms with Crippen LogP contribution in [0.25, 0.3) is 76.0 Å². The fraction of sp³-hybridized carbons (Fsp3) is 0.0862. The zero-order valence-corrected chi connectivity index (χ0v) is 35.3. The van der Waals surface area contributed by atoms with Gasteiger partial charge < -0.3 is 0 Å². The van der Waals surface area contributed by atoms with Crippen LogP contribution in [-0.2, 0) is 6.42 Å². The normalized spacial score (nSPS) is 16.2. The summed E-state index contributed by atoms with van der Waals surface area (Å²) in [4.78, 5) is 16.7. The summed E-state index contributed by atoms with van der Waals surface area (Å²) in [7, 11) is 0. The Kier molecular flexibility index (Phi) is 8.38. The van der Waals surface area contributed by atoms with Crippen molar-refractivity contribution in [2.45, 2.75) is 31.6 Å². The highest BCUT2D eigenvalue weighted by molar-refractivity contribution is 7.19. The summed E-state index contributed by atoms with van der Waals surface area (Å²) in [5, 5.41) is 8.27. The standard InChI is InChI=1S/C58H40N4S/c1-2-16-38(17-3-1)57-59-52-26-13-25-48(56(52)63-57)49-35-40-19-7-9-22-43(40)46-30-31-47-45-23-10-11-27-53(45)62(55(47)54(46)49)58-60-50(41-29-28-36-14-4-5-18-39(36)34-41)32-33-51(61-58)44-24-12-20-37-15-6-8-21-42(37)44/h2,4-32,34,49H,1,3,33,35H2. The lowest BCUT2D eigenvalue weighted by atomic mass is 9.75. The highest BCUT2D eigenvalue weighted by Gasteiger charge is 2.33. The summed E-state index contributed by atoms with van der Waals surface area (Å²) in [5.41, 5.74) is 15.2. The molecule has 0 saturated heterocycles. The van der Waals surface area contributed by atoms with Crippen LogP contribution in [0.2, 0.25) is 0 Å². The molecule has 8 aromatic carbocycles. The Morgan fingerprint density at radius 2 is 1.38 bits per heavy atom. The van der Waals surface area contributed by atoms with Gasteiger partial charge in [0.05, 0.1) is 32.7 Å². The van der Waals surface area contributed by atoms with Crippen molar-refractivity contribution in [3.63, 3.8) is 0 Å². The van der Waals surface area contributed by atoms with Crippen LogP contribution in [0, 0.1) is 0 Å². The molecule has 10 aromatic rings. The highest BCUT2D eigenvalue weighted by atomic mass is 32.1. The van der Waals surface area contributed by atoms with E-state index >= 15 is 0 Å². The zero-order valence-electron chi connectivity index (χ0n) is 34.5. The molecule has 3 aliphatic rings. The molecular weight excluding hydrogens is 785 g/mol. The number of allylic oxidation sites excluding steroid dienone is 5. The van der Waals surface area contributed by atoms with E-state index in [9.17, 15) is 0 Å². The summed E-state index contributed by atoms with van der Waals surface area (Å²) in [6.45, 7) is 0. The Morgan fingerprint density at radius 3 is 2.30 bits per heavy atom. The molecule has 0 amide bonds. The predicted molar refractivity (Wildman–Crippen MR) is 266 cm³/mol. The van der Waals surface area contributed by atoms with Crippen molar-refractivity contribution in [1.29, 1.82) is 0 Å². The quantitative estimate of drug-likeness (QED) is 0.174. The molecule has 63 heavy (non-hydrogen) atoms. The SMILES string of the molecule is C1=CC(c2nc3cccc(C4Cc5ccccc5-c5ccc6c7ccccc7n(C7=NC(c8ccc9ccccc9c8)=CCC(c8cccc9ccccc89)=N7)c6c54)c3s2)=CCC1. The van der Waals surface area contributed by atoms with Crippen LogP contribution >= 0.6 is 11.3 Å². The second-order valence-corrected chi connectivity index (χ2v) is 17.9. The maximum atomic E-state index is 5.73. The van der Waals surface area contributed by atoms with Gasteiger partial charge in [-0.3, -0.25) is 4.57 Å². The van der Waals surface area contributed by atoms with Crippen molar-refractivity contribution in [1.82, 2.24) is 9.55 Å². The predicted octanol–water partition coefficient (Wildman–Crippen LogP) is 14.9. The lowest BCUT2D eigenvalue weighted by Crippen LogP contribution is -2.18. The molecule has 0 fully saturated rings. The number of hydrogen-bond donors (Lipinski definition) is 0. The molecule has 1 atom stereocenters. The van der Waals surface area contributed by atoms with Gasteiger partial charge in [0.15, 0.2) is 0 Å². The molecule has 13 rings (SSSR count). The van der Waals surface area contributed by atoms with Gasteiger partial charge in [0.2, 0.25) is 5.96 Å². The van der Waals surface area contributed by atoms with E-state index < -0.39 is 0 Å². The minimum atomic E-state index is 0.0536. The summed E-state index contributed by atoms with van der Waals surface area (Å²) in [5.74, 6) is 0.722. The first-order valence-electron chi connectivity index (χ1n) is 22.0. The molecule has 1 unspecified atom stereocenters. The Hall–Kier alpha value is -7.47. The van der Waals surface area contributed by atoms with E-state index in [1.54, 1.807) is 0 Å². The summed E-state index contributed by atoms with van der Waals surface area (Å²) in [6, 6.07) is 59.7. The van der Waals surface area contributed by atoms with Gasteiger partial charge in [-0.1, -0.05) is 170 Å². The number of fused-ring (bicyclic) bond motifs is 10. The van der Waals surface area contributed by atoms with E-state index in [1.807, 2.05) is 11.3 Å². The maximum absolute atomic E-state index is 5.73. The monoisotopic (exact) mass is 824 g/mol. The number of aromatic nitrogens is 2. The minimum absolute atomic E-state index is 0.0536. The fourth-order valence-corrected chi connectivity index (χ4v) is 11.5. The maximum Gasteiger partial charge on any atom is 0.235 e. The zero-order chi connectivity index (χ0) is 41.4. The van der Waals surface area contributed by atoms with Gasteiger partial charge in [0.1, 0.15) is 5.01 Å². The van der Waals surface area contributed by atoms with Gasteiger partial charge >= 0.3 is 0 Å². The van der Waals surface area contributed by atoms with Crippen molar-refractivity contribution in [3.05, 3.63) is 221 Å². The first kappa shape index (κ1) is 36.2. The molecular formula is C58H40N4S. The van der Waals surface area contributed by atoms with E-state index in [-0.39, 0.29) is 5.92 Å². The molecule has 5 heteroatoms. The van der Waals surface area contributed by atoms with Crippen molar-refractivity contribution in [2.24, 2.45) is 9.98 Å². The molecule has 0 radical (unpaired) electrons. The molecule has 3 heterocycles. The third kappa shape index (κ3) is 5.91. The van der Waals surface area contributed by atoms with E-state index in [0.29, 0.717) is 12.4 Å². The average Bonchev–Trinajstić information content (AvgIpc) is 3.86. The summed E-state index contributed by atoms with van der Waals surface area (Å²) < 4.78 is 3.65. The first-order valence-corrected chi connectivity index (χ1v) is 22.8. The van der Waals surface area contributed by atoms with Gasteiger partial charge in [-0.2, -0.15) is 0 Å². The number of benzene rings is 8. The number of para-hydroxylation sites is 1. The molecule has 298 valence electrons. The van der Waals surface area contributed by atoms with Crippen LogP contribution in [0.1, 0.15) is 58.0 Å². The Morgan fingerprint density at radius 1 is 0.587 bits per heavy atom. The van der Waals surface area contributed by atoms with Crippen LogP contribution in [0.3, 0.4) is 0 Å². The third-order valence-electron chi connectivity index (χ3n) is 13.3. The second kappa shape index (κ2) is 14.6. The van der Waals surface area contributed by atoms with E-state index in [2.05, 4.69) is 193 Å². The third-order valence-corrected chi connectivity index (χ3v) is 14.5. The molecule has 2 aromatic heterocycles. The van der Waals surface area contributed by atoms with E-state index in [0.717, 1.165) is 63.4 Å². The van der Waals surface area contributed by atoms with Crippen LogP contribution in [-0.4, -0.2) is 21.2 Å². The van der Waals surface area contributed by atoms with Crippen molar-refractivity contribution in [3.8, 4) is 11.1 Å². The van der Waals surface area contributed by atoms with E-state index in [4.69, 9.17) is 15.0 Å². The van der Waals surface area contributed by atoms with Gasteiger partial charge in [-0.05, 0) is 86.8 Å². The van der Waals surface area contributed by atoms with Crippen molar-refractivity contribution in [2.75, 3.05) is 0 Å². The van der Waals surface area contributed by atoms with Gasteiger partial charge in [0.25, 0.3) is 0 Å². The molecule has 2 aliphatic carbocycles. The number of hydrogen-bond acceptors (Lipinski definition) is 4. The molecule has 0 saturated carbocycles. The Labute approximate surface area is 369 Å². The number of rotatable bonds is 4. The van der Waals surface area contributed by atoms with Gasteiger partial charge in [0, 0.05) is 39.8 Å².